The lowest BCUT2D eigenvalue weighted by atomic mass is 10.1. The first-order chi connectivity index (χ1) is 16.3. The van der Waals surface area contributed by atoms with E-state index in [0.717, 1.165) is 47.1 Å². The van der Waals surface area contributed by atoms with E-state index in [4.69, 9.17) is 4.98 Å². The van der Waals surface area contributed by atoms with Crippen LogP contribution < -0.4 is 10.2 Å². The summed E-state index contributed by atoms with van der Waals surface area (Å²) in [6.45, 7) is 16.1. The molecule has 0 spiro atoms. The van der Waals surface area contributed by atoms with Gasteiger partial charge < -0.3 is 10.2 Å². The van der Waals surface area contributed by atoms with E-state index >= 15 is 0 Å². The van der Waals surface area contributed by atoms with Crippen LogP contribution in [0.1, 0.15) is 36.5 Å². The quantitative estimate of drug-likeness (QED) is 0.290. The van der Waals surface area contributed by atoms with E-state index < -0.39 is 0 Å². The van der Waals surface area contributed by atoms with Crippen molar-refractivity contribution in [3.63, 3.8) is 0 Å². The van der Waals surface area contributed by atoms with Crippen molar-refractivity contribution < 1.29 is 4.79 Å². The molecule has 0 amide bonds. The predicted octanol–water partition coefficient (Wildman–Crippen LogP) is 4.88. The van der Waals surface area contributed by atoms with Gasteiger partial charge in [0, 0.05) is 37.2 Å². The Hall–Kier alpha value is -4.10. The third-order valence-corrected chi connectivity index (χ3v) is 6.17. The number of fused-ring (bicyclic) bond motifs is 1. The van der Waals surface area contributed by atoms with E-state index in [-0.39, 0.29) is 5.70 Å². The van der Waals surface area contributed by atoms with Crippen LogP contribution in [0.25, 0.3) is 22.7 Å². The zero-order valence-corrected chi connectivity index (χ0v) is 20.5. The summed E-state index contributed by atoms with van der Waals surface area (Å²) in [5, 5.41) is 11.4. The number of nitrogens with zero attached hydrogens (tertiary/aromatic N) is 6. The van der Waals surface area contributed by atoms with E-state index in [1.54, 1.807) is 6.08 Å². The van der Waals surface area contributed by atoms with Crippen molar-refractivity contribution in [2.24, 2.45) is 12.0 Å². The molecule has 1 aromatic carbocycles. The number of benzene rings is 1. The van der Waals surface area contributed by atoms with Crippen LogP contribution in [0.2, 0.25) is 0 Å². The zero-order chi connectivity index (χ0) is 24.6. The molecule has 0 saturated heterocycles. The molecule has 4 aromatic rings. The van der Waals surface area contributed by atoms with Gasteiger partial charge in [-0.2, -0.15) is 10.1 Å². The summed E-state index contributed by atoms with van der Waals surface area (Å²) in [5.41, 5.74) is 8.87. The Morgan fingerprint density at radius 3 is 2.56 bits per heavy atom. The third-order valence-electron chi connectivity index (χ3n) is 6.17. The number of aromatic amines is 1. The number of hydrogen-bond acceptors (Lipinski definition) is 6. The molecule has 0 radical (unpaired) electrons. The molecule has 0 aliphatic heterocycles. The lowest BCUT2D eigenvalue weighted by Crippen LogP contribution is -2.21. The van der Waals surface area contributed by atoms with Gasteiger partial charge in [0.15, 0.2) is 5.65 Å². The smallest absolute Gasteiger partial charge is 0.240 e. The molecule has 3 aromatic heterocycles. The van der Waals surface area contributed by atoms with Gasteiger partial charge in [-0.25, -0.2) is 14.3 Å². The summed E-state index contributed by atoms with van der Waals surface area (Å²) < 4.78 is 3.69. The highest BCUT2D eigenvalue weighted by Crippen LogP contribution is 2.35. The molecule has 9 heteroatoms. The van der Waals surface area contributed by atoms with Crippen LogP contribution in [-0.4, -0.2) is 43.5 Å². The fourth-order valence-corrected chi connectivity index (χ4v) is 4.21. The topological polar surface area (TPSA) is 95.6 Å². The van der Waals surface area contributed by atoms with Crippen molar-refractivity contribution in [3.8, 4) is 11.4 Å². The second kappa shape index (κ2) is 9.03. The van der Waals surface area contributed by atoms with E-state index in [0.29, 0.717) is 17.0 Å². The van der Waals surface area contributed by atoms with Gasteiger partial charge in [0.25, 0.3) is 0 Å². The summed E-state index contributed by atoms with van der Waals surface area (Å²) in [6.07, 6.45) is 1.58. The summed E-state index contributed by atoms with van der Waals surface area (Å²) in [4.78, 5) is 21.9. The Balaban J connectivity index is 1.86. The predicted molar refractivity (Wildman–Crippen MR) is 136 cm³/mol. The van der Waals surface area contributed by atoms with Crippen LogP contribution in [0.3, 0.4) is 0 Å². The lowest BCUT2D eigenvalue weighted by molar-refractivity contribution is 0.565. The minimum Gasteiger partial charge on any atom is -0.372 e. The van der Waals surface area contributed by atoms with Gasteiger partial charge in [0.1, 0.15) is 22.8 Å². The molecule has 0 unspecified atom stereocenters. The fourth-order valence-electron chi connectivity index (χ4n) is 4.21. The molecular weight excluding hydrogens is 428 g/mol. The summed E-state index contributed by atoms with van der Waals surface area (Å²) in [5.74, 6) is 0. The Kier molecular flexibility index (Phi) is 6.13. The van der Waals surface area contributed by atoms with Gasteiger partial charge in [-0.1, -0.05) is 6.58 Å². The summed E-state index contributed by atoms with van der Waals surface area (Å²) in [7, 11) is 1.91. The number of H-pyrrole nitrogens is 1. The first-order valence-corrected chi connectivity index (χ1v) is 11.3. The highest BCUT2D eigenvalue weighted by Gasteiger charge is 2.23. The molecule has 0 aliphatic rings. The number of hydrogen-bond donors (Lipinski definition) is 2. The van der Waals surface area contributed by atoms with Gasteiger partial charge in [0.05, 0.1) is 11.4 Å². The van der Waals surface area contributed by atoms with Crippen molar-refractivity contribution in [3.05, 3.63) is 53.5 Å². The Bertz CT molecular complexity index is 1410. The average molecular weight is 459 g/mol. The van der Waals surface area contributed by atoms with Gasteiger partial charge in [-0.05, 0) is 64.4 Å². The maximum Gasteiger partial charge on any atom is 0.240 e. The van der Waals surface area contributed by atoms with Crippen LogP contribution in [0.5, 0.6) is 0 Å². The maximum atomic E-state index is 11.0. The number of rotatable bonds is 8. The standard InChI is InChI=1S/C25H30N8O/c1-8-32(9-2)19-10-11-20(15(3)12-19)28-23-22(17(5)26-14-34)30-33-24(18(6)27-25(23)33)21-13-16(4)31(7)29-21/h10-13,28,30H,5,8-9H2,1-4,6-7H3. The Morgan fingerprint density at radius 1 is 1.24 bits per heavy atom. The third kappa shape index (κ3) is 3.91. The maximum absolute atomic E-state index is 11.0. The largest absolute Gasteiger partial charge is 0.372 e. The van der Waals surface area contributed by atoms with Gasteiger partial charge >= 0.3 is 0 Å². The van der Waals surface area contributed by atoms with Crippen LogP contribution in [0.4, 0.5) is 17.1 Å². The monoisotopic (exact) mass is 458 g/mol. The van der Waals surface area contributed by atoms with Crippen molar-refractivity contribution in [1.29, 1.82) is 0 Å². The molecule has 0 atom stereocenters. The number of aliphatic imine (C=N–C) groups is 1. The SMILES string of the molecule is C=C(N=C=O)c1[nH]n2c(-c3cc(C)n(C)n3)c(C)nc2c1Nc1ccc(N(CC)CC)cc1C. The van der Waals surface area contributed by atoms with Crippen molar-refractivity contribution in [1.82, 2.24) is 24.4 Å². The van der Waals surface area contributed by atoms with Gasteiger partial charge in [-0.15, -0.1) is 0 Å². The first-order valence-electron chi connectivity index (χ1n) is 11.3. The number of carbonyl (C=O) groups excluding carboxylic acids is 1. The normalized spacial score (nSPS) is 11.0. The minimum absolute atomic E-state index is 0.265. The fraction of sp³-hybridized carbons (Fsp3) is 0.320. The molecule has 0 fully saturated rings. The van der Waals surface area contributed by atoms with Crippen LogP contribution in [0, 0.1) is 20.8 Å². The number of anilines is 3. The van der Waals surface area contributed by atoms with Crippen molar-refractivity contribution >= 4 is 34.5 Å². The summed E-state index contributed by atoms with van der Waals surface area (Å²) >= 11 is 0. The lowest BCUT2D eigenvalue weighted by Gasteiger charge is -2.22. The molecule has 9 nitrogen and oxygen atoms in total. The molecule has 0 bridgehead atoms. The summed E-state index contributed by atoms with van der Waals surface area (Å²) in [6, 6.07) is 8.33. The van der Waals surface area contributed by atoms with Gasteiger partial charge in [-0.3, -0.25) is 9.78 Å². The number of isocyanates is 1. The molecular formula is C25H30N8O. The van der Waals surface area contributed by atoms with E-state index in [1.165, 1.54) is 5.69 Å². The molecule has 0 saturated carbocycles. The Labute approximate surface area is 198 Å². The van der Waals surface area contributed by atoms with Crippen LogP contribution in [-0.2, 0) is 11.8 Å². The first kappa shape index (κ1) is 23.1. The highest BCUT2D eigenvalue weighted by atomic mass is 16.1. The molecule has 3 heterocycles. The second-order valence-electron chi connectivity index (χ2n) is 8.31. The second-order valence-corrected chi connectivity index (χ2v) is 8.31. The molecule has 2 N–H and O–H groups in total. The van der Waals surface area contributed by atoms with Crippen LogP contribution >= 0.6 is 0 Å². The average Bonchev–Trinajstić information content (AvgIpc) is 3.42. The van der Waals surface area contributed by atoms with Crippen LogP contribution in [0.15, 0.2) is 35.8 Å². The van der Waals surface area contributed by atoms with E-state index in [2.05, 4.69) is 71.0 Å². The molecule has 0 aliphatic carbocycles. The molecule has 176 valence electrons. The van der Waals surface area contributed by atoms with Crippen molar-refractivity contribution in [2.75, 3.05) is 23.3 Å². The molecule has 34 heavy (non-hydrogen) atoms. The number of nitrogens with one attached hydrogen (secondary N) is 2. The van der Waals surface area contributed by atoms with Gasteiger partial charge in [0.2, 0.25) is 6.08 Å². The van der Waals surface area contributed by atoms with E-state index in [1.807, 2.05) is 36.2 Å². The molecule has 4 rings (SSSR count). The zero-order valence-electron chi connectivity index (χ0n) is 20.5. The number of aromatic nitrogens is 5. The Morgan fingerprint density at radius 2 is 1.97 bits per heavy atom. The number of imidazole rings is 1. The van der Waals surface area contributed by atoms with Crippen molar-refractivity contribution in [2.45, 2.75) is 34.6 Å². The number of aryl methyl sites for hydroxylation is 4. The minimum atomic E-state index is 0.265. The highest BCUT2D eigenvalue weighted by molar-refractivity contribution is 5.88. The van der Waals surface area contributed by atoms with E-state index in [9.17, 15) is 4.79 Å².